The molecule has 0 spiro atoms. The fourth-order valence-electron chi connectivity index (χ4n) is 1.64. The molecule has 0 radical (unpaired) electrons. The zero-order valence-corrected chi connectivity index (χ0v) is 8.58. The van der Waals surface area contributed by atoms with Crippen molar-refractivity contribution in [2.45, 2.75) is 25.8 Å². The summed E-state index contributed by atoms with van der Waals surface area (Å²) in [5.41, 5.74) is 8.21. The van der Waals surface area contributed by atoms with Gasteiger partial charge in [0.05, 0.1) is 4.34 Å². The van der Waals surface area contributed by atoms with Crippen LogP contribution in [0, 0.1) is 5.92 Å². The van der Waals surface area contributed by atoms with Gasteiger partial charge in [0, 0.05) is 6.54 Å². The molecule has 0 amide bonds. The monoisotopic (exact) mass is 201 g/mol. The molecule has 1 nitrogen and oxygen atoms in total. The summed E-state index contributed by atoms with van der Waals surface area (Å²) >= 11 is 7.61. The van der Waals surface area contributed by atoms with E-state index in [9.17, 15) is 0 Å². The Balaban J connectivity index is 2.31. The molecule has 2 N–H and O–H groups in total. The minimum absolute atomic E-state index is 0.584. The van der Waals surface area contributed by atoms with Crippen molar-refractivity contribution in [3.63, 3.8) is 0 Å². The van der Waals surface area contributed by atoms with Gasteiger partial charge < -0.3 is 5.73 Å². The summed E-state index contributed by atoms with van der Waals surface area (Å²) in [5.74, 6) is 1.58. The predicted molar refractivity (Wildman–Crippen MR) is 53.7 cm³/mol. The highest BCUT2D eigenvalue weighted by atomic mass is 35.5. The van der Waals surface area contributed by atoms with E-state index in [1.54, 1.807) is 11.3 Å². The molecule has 1 aliphatic rings. The predicted octanol–water partition coefficient (Wildman–Crippen LogP) is 2.98. The van der Waals surface area contributed by atoms with Gasteiger partial charge in [0.1, 0.15) is 0 Å². The van der Waals surface area contributed by atoms with Crippen LogP contribution in [0.15, 0.2) is 5.38 Å². The summed E-state index contributed by atoms with van der Waals surface area (Å²) in [5, 5.41) is 2.17. The van der Waals surface area contributed by atoms with Gasteiger partial charge in [-0.25, -0.2) is 0 Å². The molecule has 1 aromatic heterocycles. The topological polar surface area (TPSA) is 26.0 Å². The second kappa shape index (κ2) is 3.02. The van der Waals surface area contributed by atoms with Gasteiger partial charge in [0.2, 0.25) is 0 Å². The van der Waals surface area contributed by atoms with E-state index in [0.717, 1.165) is 16.2 Å². The standard InChI is InChI=1S/C9H12ClNS/c1-5-2-6(5)8-4-12-9(10)7(8)3-11/h4-6H,2-3,11H2,1H3. The Bertz CT molecular complexity index is 295. The number of hydrogen-bond donors (Lipinski definition) is 1. The Labute approximate surface area is 81.5 Å². The molecule has 2 atom stereocenters. The molecule has 1 fully saturated rings. The summed E-state index contributed by atoms with van der Waals surface area (Å²) in [6.45, 7) is 2.86. The first kappa shape index (κ1) is 8.54. The van der Waals surface area contributed by atoms with Gasteiger partial charge in [-0.15, -0.1) is 11.3 Å². The highest BCUT2D eigenvalue weighted by Gasteiger charge is 2.36. The molecule has 3 heteroatoms. The van der Waals surface area contributed by atoms with Crippen LogP contribution in [-0.2, 0) is 6.54 Å². The van der Waals surface area contributed by atoms with E-state index in [1.165, 1.54) is 17.5 Å². The Morgan fingerprint density at radius 1 is 1.75 bits per heavy atom. The van der Waals surface area contributed by atoms with Crippen LogP contribution in [0.25, 0.3) is 0 Å². The Kier molecular flexibility index (Phi) is 2.15. The summed E-state index contributed by atoms with van der Waals surface area (Å²) in [6.07, 6.45) is 1.31. The lowest BCUT2D eigenvalue weighted by molar-refractivity contribution is 0.900. The van der Waals surface area contributed by atoms with Crippen molar-refractivity contribution in [1.82, 2.24) is 0 Å². The van der Waals surface area contributed by atoms with E-state index in [4.69, 9.17) is 17.3 Å². The number of rotatable bonds is 2. The highest BCUT2D eigenvalue weighted by molar-refractivity contribution is 7.14. The lowest BCUT2D eigenvalue weighted by Crippen LogP contribution is -1.98. The van der Waals surface area contributed by atoms with E-state index in [0.29, 0.717) is 6.54 Å². The first-order valence-electron chi connectivity index (χ1n) is 4.20. The third-order valence-electron chi connectivity index (χ3n) is 2.59. The Morgan fingerprint density at radius 2 is 2.42 bits per heavy atom. The van der Waals surface area contributed by atoms with Crippen molar-refractivity contribution >= 4 is 22.9 Å². The van der Waals surface area contributed by atoms with E-state index < -0.39 is 0 Å². The Morgan fingerprint density at radius 3 is 2.92 bits per heavy atom. The molecule has 2 unspecified atom stereocenters. The minimum atomic E-state index is 0.584. The van der Waals surface area contributed by atoms with Crippen LogP contribution in [0.5, 0.6) is 0 Å². The minimum Gasteiger partial charge on any atom is -0.326 e. The molecule has 0 saturated heterocycles. The largest absolute Gasteiger partial charge is 0.326 e. The molecular formula is C9H12ClNS. The SMILES string of the molecule is CC1CC1c1csc(Cl)c1CN. The van der Waals surface area contributed by atoms with Crippen LogP contribution in [0.1, 0.15) is 30.4 Å². The van der Waals surface area contributed by atoms with Crippen LogP contribution in [0.4, 0.5) is 0 Å². The Hall–Kier alpha value is -0.0500. The number of thiophene rings is 1. The van der Waals surface area contributed by atoms with Crippen molar-refractivity contribution in [3.05, 3.63) is 20.8 Å². The van der Waals surface area contributed by atoms with Gasteiger partial charge in [0.25, 0.3) is 0 Å². The zero-order chi connectivity index (χ0) is 8.72. The summed E-state index contributed by atoms with van der Waals surface area (Å²) in [4.78, 5) is 0. The van der Waals surface area contributed by atoms with Gasteiger partial charge in [-0.2, -0.15) is 0 Å². The highest BCUT2D eigenvalue weighted by Crippen LogP contribution is 2.50. The van der Waals surface area contributed by atoms with E-state index in [2.05, 4.69) is 12.3 Å². The van der Waals surface area contributed by atoms with Crippen LogP contribution in [0.3, 0.4) is 0 Å². The number of hydrogen-bond acceptors (Lipinski definition) is 2. The van der Waals surface area contributed by atoms with Gasteiger partial charge >= 0.3 is 0 Å². The van der Waals surface area contributed by atoms with Gasteiger partial charge in [-0.1, -0.05) is 18.5 Å². The second-order valence-electron chi connectivity index (χ2n) is 3.47. The first-order chi connectivity index (χ1) is 5.74. The van der Waals surface area contributed by atoms with Crippen LogP contribution in [0.2, 0.25) is 4.34 Å². The molecule has 1 aromatic rings. The smallest absolute Gasteiger partial charge is 0.0976 e. The van der Waals surface area contributed by atoms with E-state index in [1.807, 2.05) is 0 Å². The number of halogens is 1. The zero-order valence-electron chi connectivity index (χ0n) is 7.01. The maximum Gasteiger partial charge on any atom is 0.0976 e. The molecule has 1 heterocycles. The van der Waals surface area contributed by atoms with Crippen molar-refractivity contribution in [2.75, 3.05) is 0 Å². The molecule has 0 aliphatic heterocycles. The maximum atomic E-state index is 6.00. The summed E-state index contributed by atoms with van der Waals surface area (Å²) in [6, 6.07) is 0. The molecule has 0 aromatic carbocycles. The molecule has 0 bridgehead atoms. The van der Waals surface area contributed by atoms with Crippen molar-refractivity contribution in [3.8, 4) is 0 Å². The van der Waals surface area contributed by atoms with E-state index in [-0.39, 0.29) is 0 Å². The second-order valence-corrected chi connectivity index (χ2v) is 4.95. The van der Waals surface area contributed by atoms with Crippen molar-refractivity contribution in [2.24, 2.45) is 11.7 Å². The van der Waals surface area contributed by atoms with Crippen LogP contribution in [-0.4, -0.2) is 0 Å². The maximum absolute atomic E-state index is 6.00. The molecule has 1 saturated carbocycles. The van der Waals surface area contributed by atoms with Crippen molar-refractivity contribution < 1.29 is 0 Å². The molecule has 66 valence electrons. The number of nitrogens with two attached hydrogens (primary N) is 1. The van der Waals surface area contributed by atoms with Gasteiger partial charge in [-0.3, -0.25) is 0 Å². The first-order valence-corrected chi connectivity index (χ1v) is 5.45. The molecule has 2 rings (SSSR count). The lowest BCUT2D eigenvalue weighted by atomic mass is 10.1. The van der Waals surface area contributed by atoms with Crippen molar-refractivity contribution in [1.29, 1.82) is 0 Å². The van der Waals surface area contributed by atoms with Gasteiger partial charge in [-0.05, 0) is 34.8 Å². The quantitative estimate of drug-likeness (QED) is 0.783. The van der Waals surface area contributed by atoms with Crippen LogP contribution < -0.4 is 5.73 Å². The van der Waals surface area contributed by atoms with Gasteiger partial charge in [0.15, 0.2) is 0 Å². The fraction of sp³-hybridized carbons (Fsp3) is 0.556. The summed E-state index contributed by atoms with van der Waals surface area (Å²) < 4.78 is 0.881. The average molecular weight is 202 g/mol. The molecular weight excluding hydrogens is 190 g/mol. The third-order valence-corrected chi connectivity index (χ3v) is 3.91. The molecule has 1 aliphatic carbocycles. The van der Waals surface area contributed by atoms with Crippen LogP contribution >= 0.6 is 22.9 Å². The fourth-order valence-corrected chi connectivity index (χ4v) is 2.85. The normalized spacial score (nSPS) is 27.6. The summed E-state index contributed by atoms with van der Waals surface area (Å²) in [7, 11) is 0. The van der Waals surface area contributed by atoms with E-state index >= 15 is 0 Å². The third kappa shape index (κ3) is 1.28. The average Bonchev–Trinajstić information content (AvgIpc) is 2.63. The molecule has 12 heavy (non-hydrogen) atoms. The lowest BCUT2D eigenvalue weighted by Gasteiger charge is -1.99.